The number of rotatable bonds is 4. The third-order valence-electron chi connectivity index (χ3n) is 4.48. The van der Waals surface area contributed by atoms with Gasteiger partial charge in [-0.1, -0.05) is 6.42 Å². The van der Waals surface area contributed by atoms with E-state index in [1.165, 1.54) is 6.42 Å². The molecule has 3 rings (SSSR count). The summed E-state index contributed by atoms with van der Waals surface area (Å²) in [7, 11) is 0. The standard InChI is InChI=1S/C17H25BrN2O3S/c1-16(2,3)23-14(21)9-22-17(15-20-13(18)10-24-15)7-11-5-4-6-12(8-17)19-11/h10-12,19H,4-9H2,1-3H3. The van der Waals surface area contributed by atoms with Crippen molar-refractivity contribution in [3.63, 3.8) is 0 Å². The molecule has 0 amide bonds. The van der Waals surface area contributed by atoms with Crippen LogP contribution in [-0.2, 0) is 19.9 Å². The first-order valence-corrected chi connectivity index (χ1v) is 10.2. The van der Waals surface area contributed by atoms with E-state index < -0.39 is 11.2 Å². The number of hydrogen-bond acceptors (Lipinski definition) is 6. The highest BCUT2D eigenvalue weighted by atomic mass is 79.9. The molecule has 2 bridgehead atoms. The minimum atomic E-state index is -0.498. The van der Waals surface area contributed by atoms with Gasteiger partial charge in [0.2, 0.25) is 0 Å². The van der Waals surface area contributed by atoms with Crippen molar-refractivity contribution >= 4 is 33.2 Å². The summed E-state index contributed by atoms with van der Waals surface area (Å²) in [6, 6.07) is 0.859. The van der Waals surface area contributed by atoms with Crippen LogP contribution in [0.2, 0.25) is 0 Å². The Kier molecular flexibility index (Phi) is 5.35. The van der Waals surface area contributed by atoms with Crippen LogP contribution in [0.4, 0.5) is 0 Å². The summed E-state index contributed by atoms with van der Waals surface area (Å²) in [5.74, 6) is -0.318. The number of aromatic nitrogens is 1. The number of nitrogens with one attached hydrogen (secondary N) is 1. The summed E-state index contributed by atoms with van der Waals surface area (Å²) < 4.78 is 12.5. The first kappa shape index (κ1) is 18.3. The van der Waals surface area contributed by atoms with Gasteiger partial charge in [0.15, 0.2) is 0 Å². The van der Waals surface area contributed by atoms with E-state index in [0.29, 0.717) is 12.1 Å². The topological polar surface area (TPSA) is 60.5 Å². The van der Waals surface area contributed by atoms with E-state index in [1.54, 1.807) is 11.3 Å². The summed E-state index contributed by atoms with van der Waals surface area (Å²) >= 11 is 5.04. The number of piperidine rings is 2. The second kappa shape index (κ2) is 7.02. The minimum absolute atomic E-state index is 0.0338. The van der Waals surface area contributed by atoms with Crippen molar-refractivity contribution in [1.29, 1.82) is 0 Å². The molecule has 0 aliphatic carbocycles. The third-order valence-corrected chi connectivity index (χ3v) is 6.22. The molecule has 2 aliphatic rings. The molecule has 5 nitrogen and oxygen atoms in total. The molecule has 2 fully saturated rings. The number of esters is 1. The Morgan fingerprint density at radius 1 is 1.42 bits per heavy atom. The molecule has 0 radical (unpaired) electrons. The second-order valence-corrected chi connectivity index (χ2v) is 9.42. The number of carbonyl (C=O) groups is 1. The number of halogens is 1. The summed E-state index contributed by atoms with van der Waals surface area (Å²) in [5, 5.41) is 6.61. The molecule has 2 unspecified atom stereocenters. The van der Waals surface area contributed by atoms with Gasteiger partial charge in [-0.15, -0.1) is 11.3 Å². The molecule has 0 saturated carbocycles. The Labute approximate surface area is 155 Å². The zero-order chi connectivity index (χ0) is 17.4. The van der Waals surface area contributed by atoms with Crippen molar-refractivity contribution in [3.8, 4) is 0 Å². The number of fused-ring (bicyclic) bond motifs is 2. The van der Waals surface area contributed by atoms with Crippen molar-refractivity contribution in [1.82, 2.24) is 10.3 Å². The SMILES string of the molecule is CC(C)(C)OC(=O)COC1(c2nc(Br)cs2)CC2CCCC(C1)N2. The van der Waals surface area contributed by atoms with E-state index in [9.17, 15) is 4.79 Å². The van der Waals surface area contributed by atoms with E-state index in [0.717, 1.165) is 35.3 Å². The third kappa shape index (κ3) is 4.36. The molecular formula is C17H25BrN2O3S. The molecule has 1 aromatic heterocycles. The number of nitrogens with zero attached hydrogens (tertiary/aromatic N) is 1. The second-order valence-electron chi connectivity index (χ2n) is 7.74. The minimum Gasteiger partial charge on any atom is -0.458 e. The van der Waals surface area contributed by atoms with Crippen molar-refractivity contribution in [2.45, 2.75) is 76.2 Å². The number of carbonyl (C=O) groups excluding carboxylic acids is 1. The molecule has 24 heavy (non-hydrogen) atoms. The van der Waals surface area contributed by atoms with Crippen molar-refractivity contribution < 1.29 is 14.3 Å². The molecule has 1 N–H and O–H groups in total. The molecule has 0 spiro atoms. The lowest BCUT2D eigenvalue weighted by Crippen LogP contribution is -2.55. The summed E-state index contributed by atoms with van der Waals surface area (Å²) in [6.45, 7) is 5.57. The van der Waals surface area contributed by atoms with Gasteiger partial charge in [-0.3, -0.25) is 0 Å². The van der Waals surface area contributed by atoms with Gasteiger partial charge in [0.05, 0.1) is 0 Å². The normalized spacial score (nSPS) is 30.2. The van der Waals surface area contributed by atoms with Crippen molar-refractivity contribution in [2.75, 3.05) is 6.61 Å². The van der Waals surface area contributed by atoms with Crippen LogP contribution in [0, 0.1) is 0 Å². The highest BCUT2D eigenvalue weighted by molar-refractivity contribution is 9.10. The van der Waals surface area contributed by atoms with Gasteiger partial charge in [0, 0.05) is 17.5 Å². The fourth-order valence-electron chi connectivity index (χ4n) is 3.70. The van der Waals surface area contributed by atoms with Crippen molar-refractivity contribution in [3.05, 3.63) is 15.0 Å². The van der Waals surface area contributed by atoms with E-state index in [2.05, 4.69) is 26.2 Å². The Balaban J connectivity index is 1.77. The van der Waals surface area contributed by atoms with Crippen LogP contribution in [0.3, 0.4) is 0 Å². The first-order valence-electron chi connectivity index (χ1n) is 8.49. The van der Waals surface area contributed by atoms with E-state index in [1.807, 2.05) is 26.2 Å². The van der Waals surface area contributed by atoms with E-state index in [-0.39, 0.29) is 12.6 Å². The molecule has 2 aliphatic heterocycles. The molecule has 3 heterocycles. The quantitative estimate of drug-likeness (QED) is 0.756. The molecule has 7 heteroatoms. The Morgan fingerprint density at radius 2 is 2.08 bits per heavy atom. The largest absolute Gasteiger partial charge is 0.458 e. The Morgan fingerprint density at radius 3 is 2.62 bits per heavy atom. The van der Waals surface area contributed by atoms with Gasteiger partial charge >= 0.3 is 5.97 Å². The van der Waals surface area contributed by atoms with Crippen LogP contribution in [0.5, 0.6) is 0 Å². The maximum Gasteiger partial charge on any atom is 0.332 e. The molecular weight excluding hydrogens is 392 g/mol. The Bertz CT molecular complexity index is 587. The van der Waals surface area contributed by atoms with Gasteiger partial charge in [-0.2, -0.15) is 0 Å². The molecule has 2 atom stereocenters. The van der Waals surface area contributed by atoms with Crippen LogP contribution in [0.25, 0.3) is 0 Å². The van der Waals surface area contributed by atoms with Crippen molar-refractivity contribution in [2.24, 2.45) is 0 Å². The van der Waals surface area contributed by atoms with Crippen LogP contribution in [-0.4, -0.2) is 35.2 Å². The van der Waals surface area contributed by atoms with Gasteiger partial charge in [0.1, 0.15) is 27.4 Å². The maximum absolute atomic E-state index is 12.1. The summed E-state index contributed by atoms with van der Waals surface area (Å²) in [6.07, 6.45) is 5.27. The van der Waals surface area contributed by atoms with Gasteiger partial charge in [0.25, 0.3) is 0 Å². The predicted molar refractivity (Wildman–Crippen MR) is 97.1 cm³/mol. The molecule has 1 aromatic rings. The zero-order valence-electron chi connectivity index (χ0n) is 14.4. The number of ether oxygens (including phenoxy) is 2. The monoisotopic (exact) mass is 416 g/mol. The van der Waals surface area contributed by atoms with Crippen LogP contribution >= 0.6 is 27.3 Å². The Hall–Kier alpha value is -0.500. The highest BCUT2D eigenvalue weighted by Gasteiger charge is 2.46. The fourth-order valence-corrected chi connectivity index (χ4v) is 5.13. The van der Waals surface area contributed by atoms with Crippen LogP contribution < -0.4 is 5.32 Å². The lowest BCUT2D eigenvalue weighted by atomic mass is 9.77. The molecule has 2 saturated heterocycles. The van der Waals surface area contributed by atoms with Gasteiger partial charge < -0.3 is 14.8 Å². The van der Waals surface area contributed by atoms with Gasteiger partial charge in [-0.05, 0) is 62.4 Å². The summed E-state index contributed by atoms with van der Waals surface area (Å²) in [5.41, 5.74) is -0.989. The lowest BCUT2D eigenvalue weighted by molar-refractivity contribution is -0.172. The fraction of sp³-hybridized carbons (Fsp3) is 0.765. The van der Waals surface area contributed by atoms with Crippen LogP contribution in [0.15, 0.2) is 9.98 Å². The predicted octanol–water partition coefficient (Wildman–Crippen LogP) is 3.76. The number of hydrogen-bond donors (Lipinski definition) is 1. The molecule has 0 aromatic carbocycles. The van der Waals surface area contributed by atoms with Gasteiger partial charge in [-0.25, -0.2) is 9.78 Å². The average Bonchev–Trinajstić information content (AvgIpc) is 2.90. The zero-order valence-corrected chi connectivity index (χ0v) is 16.8. The maximum atomic E-state index is 12.1. The van der Waals surface area contributed by atoms with E-state index in [4.69, 9.17) is 9.47 Å². The smallest absolute Gasteiger partial charge is 0.332 e. The lowest BCUT2D eigenvalue weighted by Gasteiger charge is -2.46. The number of thiazole rings is 1. The van der Waals surface area contributed by atoms with Crippen LogP contribution in [0.1, 0.15) is 57.9 Å². The first-order chi connectivity index (χ1) is 11.3. The summed E-state index contributed by atoms with van der Waals surface area (Å²) in [4.78, 5) is 16.8. The molecule has 134 valence electrons. The average molecular weight is 417 g/mol. The highest BCUT2D eigenvalue weighted by Crippen LogP contribution is 2.44. The van der Waals surface area contributed by atoms with E-state index >= 15 is 0 Å².